The molecule has 0 bridgehead atoms. The van der Waals surface area contributed by atoms with Crippen LogP contribution < -0.4 is 10.6 Å². The van der Waals surface area contributed by atoms with Gasteiger partial charge in [0.05, 0.1) is 5.41 Å². The van der Waals surface area contributed by atoms with E-state index in [2.05, 4.69) is 9.97 Å². The Bertz CT molecular complexity index is 667. The van der Waals surface area contributed by atoms with Crippen molar-refractivity contribution < 1.29 is 18.4 Å². The lowest BCUT2D eigenvalue weighted by Crippen LogP contribution is -2.45. The third-order valence-electron chi connectivity index (χ3n) is 4.70. The third-order valence-corrected chi connectivity index (χ3v) is 4.70. The molecule has 1 aliphatic carbocycles. The van der Waals surface area contributed by atoms with E-state index in [4.69, 9.17) is 5.73 Å². The van der Waals surface area contributed by atoms with Gasteiger partial charge in [-0.3, -0.25) is 14.5 Å². The average Bonchev–Trinajstić information content (AvgIpc) is 2.71. The molecule has 124 valence electrons. The topological polar surface area (TPSA) is 89.2 Å². The van der Waals surface area contributed by atoms with E-state index in [1.807, 2.05) is 0 Å². The number of amides is 2. The number of hydrogen-bond donors (Lipinski definition) is 1. The molecule has 3 rings (SSSR count). The highest BCUT2D eigenvalue weighted by Gasteiger charge is 2.59. The van der Waals surface area contributed by atoms with Gasteiger partial charge in [-0.1, -0.05) is 0 Å². The maximum absolute atomic E-state index is 13.9. The molecule has 23 heavy (non-hydrogen) atoms. The van der Waals surface area contributed by atoms with E-state index in [1.165, 1.54) is 17.2 Å². The maximum atomic E-state index is 13.9. The summed E-state index contributed by atoms with van der Waals surface area (Å²) in [5.74, 6) is -3.43. The fraction of sp³-hybridized carbons (Fsp3) is 0.600. The van der Waals surface area contributed by atoms with Crippen LogP contribution in [0, 0.1) is 12.3 Å². The van der Waals surface area contributed by atoms with Crippen LogP contribution in [0.4, 0.5) is 14.6 Å². The molecule has 2 atom stereocenters. The van der Waals surface area contributed by atoms with Crippen molar-refractivity contribution in [1.82, 2.24) is 9.97 Å². The number of nitrogens with zero attached hydrogens (tertiary/aromatic N) is 3. The highest BCUT2D eigenvalue weighted by Crippen LogP contribution is 2.52. The van der Waals surface area contributed by atoms with Crippen molar-refractivity contribution in [3.63, 3.8) is 0 Å². The van der Waals surface area contributed by atoms with Gasteiger partial charge in [0, 0.05) is 19.0 Å². The number of alkyl halides is 2. The number of anilines is 1. The van der Waals surface area contributed by atoms with Gasteiger partial charge in [0.1, 0.15) is 17.7 Å². The SMILES string of the molecule is Cc1nccc(N2C(=O)C3(CCCC(F)(F)C3)CC2C(N)=O)n1. The summed E-state index contributed by atoms with van der Waals surface area (Å²) in [6.07, 6.45) is 1.30. The van der Waals surface area contributed by atoms with Crippen molar-refractivity contribution in [3.05, 3.63) is 18.1 Å². The van der Waals surface area contributed by atoms with E-state index in [0.29, 0.717) is 12.2 Å². The number of nitrogens with two attached hydrogens (primary N) is 1. The number of carbonyl (C=O) groups excluding carboxylic acids is 2. The lowest BCUT2D eigenvalue weighted by atomic mass is 9.70. The molecule has 8 heteroatoms. The minimum absolute atomic E-state index is 0.0137. The summed E-state index contributed by atoms with van der Waals surface area (Å²) in [7, 11) is 0. The molecule has 2 N–H and O–H groups in total. The molecule has 0 radical (unpaired) electrons. The molecular formula is C15H18F2N4O2. The molecule has 1 saturated heterocycles. The minimum atomic E-state index is -2.90. The summed E-state index contributed by atoms with van der Waals surface area (Å²) >= 11 is 0. The van der Waals surface area contributed by atoms with Crippen molar-refractivity contribution in [2.45, 2.75) is 51.0 Å². The molecule has 1 saturated carbocycles. The first-order valence-corrected chi connectivity index (χ1v) is 7.55. The zero-order valence-corrected chi connectivity index (χ0v) is 12.8. The molecule has 2 heterocycles. The van der Waals surface area contributed by atoms with Crippen LogP contribution in [0.15, 0.2) is 12.3 Å². The van der Waals surface area contributed by atoms with Crippen LogP contribution in [0.25, 0.3) is 0 Å². The molecule has 2 unspecified atom stereocenters. The minimum Gasteiger partial charge on any atom is -0.368 e. The average molecular weight is 324 g/mol. The molecule has 0 aromatic carbocycles. The summed E-state index contributed by atoms with van der Waals surface area (Å²) in [6.45, 7) is 1.65. The molecule has 1 aliphatic heterocycles. The quantitative estimate of drug-likeness (QED) is 0.894. The Morgan fingerprint density at radius 2 is 2.17 bits per heavy atom. The molecular weight excluding hydrogens is 306 g/mol. The van der Waals surface area contributed by atoms with Crippen LogP contribution in [0.5, 0.6) is 0 Å². The van der Waals surface area contributed by atoms with Crippen molar-refractivity contribution in [3.8, 4) is 0 Å². The predicted octanol–water partition coefficient (Wildman–Crippen LogP) is 1.57. The van der Waals surface area contributed by atoms with Crippen LogP contribution in [-0.4, -0.2) is 33.7 Å². The summed E-state index contributed by atoms with van der Waals surface area (Å²) < 4.78 is 27.8. The van der Waals surface area contributed by atoms with E-state index >= 15 is 0 Å². The lowest BCUT2D eigenvalue weighted by molar-refractivity contribution is -0.138. The van der Waals surface area contributed by atoms with E-state index in [9.17, 15) is 18.4 Å². The molecule has 2 amide bonds. The van der Waals surface area contributed by atoms with Crippen molar-refractivity contribution in [1.29, 1.82) is 0 Å². The highest BCUT2D eigenvalue weighted by atomic mass is 19.3. The summed E-state index contributed by atoms with van der Waals surface area (Å²) in [4.78, 5) is 34.0. The molecule has 1 spiro atoms. The second-order valence-electron chi connectivity index (χ2n) is 6.43. The van der Waals surface area contributed by atoms with E-state index in [-0.39, 0.29) is 25.1 Å². The van der Waals surface area contributed by atoms with E-state index < -0.39 is 35.6 Å². The Labute approximate surface area is 132 Å². The van der Waals surface area contributed by atoms with Gasteiger partial charge in [-0.05, 0) is 32.3 Å². The van der Waals surface area contributed by atoms with Gasteiger partial charge in [0.2, 0.25) is 17.7 Å². The number of rotatable bonds is 2. The first kappa shape index (κ1) is 15.8. The fourth-order valence-corrected chi connectivity index (χ4v) is 3.73. The zero-order valence-electron chi connectivity index (χ0n) is 12.8. The number of carbonyl (C=O) groups is 2. The van der Waals surface area contributed by atoms with Gasteiger partial charge in [0.15, 0.2) is 0 Å². The Morgan fingerprint density at radius 1 is 1.43 bits per heavy atom. The van der Waals surface area contributed by atoms with Crippen LogP contribution in [0.1, 0.15) is 37.9 Å². The molecule has 1 aromatic heterocycles. The van der Waals surface area contributed by atoms with Gasteiger partial charge in [-0.15, -0.1) is 0 Å². The van der Waals surface area contributed by atoms with Gasteiger partial charge < -0.3 is 5.73 Å². The fourth-order valence-electron chi connectivity index (χ4n) is 3.73. The number of hydrogen-bond acceptors (Lipinski definition) is 4. The van der Waals surface area contributed by atoms with Crippen molar-refractivity contribution in [2.24, 2.45) is 11.1 Å². The van der Waals surface area contributed by atoms with Gasteiger partial charge >= 0.3 is 0 Å². The molecule has 2 aliphatic rings. The van der Waals surface area contributed by atoms with Crippen molar-refractivity contribution in [2.75, 3.05) is 4.90 Å². The molecule has 2 fully saturated rings. The monoisotopic (exact) mass is 324 g/mol. The van der Waals surface area contributed by atoms with Gasteiger partial charge in [0.25, 0.3) is 0 Å². The maximum Gasteiger partial charge on any atom is 0.249 e. The standard InChI is InChI=1S/C15H18F2N4O2/c1-9-19-6-3-11(20-9)21-10(12(18)22)7-14(13(21)23)4-2-5-15(16,17)8-14/h3,6,10H,2,4-5,7-8H2,1H3,(H2,18,22). The number of aryl methyl sites for hydroxylation is 1. The predicted molar refractivity (Wildman–Crippen MR) is 77.7 cm³/mol. The highest BCUT2D eigenvalue weighted by molar-refractivity contribution is 6.06. The molecule has 1 aromatic rings. The Morgan fingerprint density at radius 3 is 2.78 bits per heavy atom. The summed E-state index contributed by atoms with van der Waals surface area (Å²) in [6, 6.07) is 0.534. The number of aromatic nitrogens is 2. The summed E-state index contributed by atoms with van der Waals surface area (Å²) in [5, 5.41) is 0. The van der Waals surface area contributed by atoms with Crippen molar-refractivity contribution >= 4 is 17.6 Å². The first-order chi connectivity index (χ1) is 10.7. The van der Waals surface area contributed by atoms with Crippen LogP contribution >= 0.6 is 0 Å². The normalized spacial score (nSPS) is 30.0. The number of halogens is 2. The lowest BCUT2D eigenvalue weighted by Gasteiger charge is -2.36. The Kier molecular flexibility index (Phi) is 3.57. The van der Waals surface area contributed by atoms with E-state index in [0.717, 1.165) is 0 Å². The summed E-state index contributed by atoms with van der Waals surface area (Å²) in [5.41, 5.74) is 4.18. The smallest absolute Gasteiger partial charge is 0.249 e. The second-order valence-corrected chi connectivity index (χ2v) is 6.43. The van der Waals surface area contributed by atoms with E-state index in [1.54, 1.807) is 6.92 Å². The Hall–Kier alpha value is -2.12. The Balaban J connectivity index is 2.02. The number of primary amides is 1. The van der Waals surface area contributed by atoms with Crippen LogP contribution in [0.2, 0.25) is 0 Å². The third kappa shape index (κ3) is 2.66. The molecule has 6 nitrogen and oxygen atoms in total. The van der Waals surface area contributed by atoms with Gasteiger partial charge in [-0.2, -0.15) is 0 Å². The second kappa shape index (κ2) is 5.21. The largest absolute Gasteiger partial charge is 0.368 e. The van der Waals surface area contributed by atoms with Crippen LogP contribution in [0.3, 0.4) is 0 Å². The van der Waals surface area contributed by atoms with Gasteiger partial charge in [-0.25, -0.2) is 18.7 Å². The first-order valence-electron chi connectivity index (χ1n) is 7.55. The zero-order chi connectivity index (χ0) is 16.8. The van der Waals surface area contributed by atoms with Crippen LogP contribution in [-0.2, 0) is 9.59 Å².